The number of amides is 1. The number of carbonyl (C=O) groups is 2. The van der Waals surface area contributed by atoms with Crippen LogP contribution in [0.4, 0.5) is 11.4 Å². The van der Waals surface area contributed by atoms with Gasteiger partial charge in [-0.2, -0.15) is 0 Å². The molecule has 0 aliphatic heterocycles. The van der Waals surface area contributed by atoms with Crippen molar-refractivity contribution >= 4 is 46.5 Å². The topological polar surface area (TPSA) is 98.5 Å². The van der Waals surface area contributed by atoms with E-state index in [1.54, 1.807) is 19.1 Å². The van der Waals surface area contributed by atoms with E-state index in [2.05, 4.69) is 5.32 Å². The van der Waals surface area contributed by atoms with Gasteiger partial charge < -0.3 is 10.1 Å². The quantitative estimate of drug-likeness (QED) is 0.478. The molecule has 0 fully saturated rings. The maximum atomic E-state index is 11.9. The summed E-state index contributed by atoms with van der Waals surface area (Å²) >= 11 is 12.1. The highest BCUT2D eigenvalue weighted by molar-refractivity contribution is 6.40. The van der Waals surface area contributed by atoms with Gasteiger partial charge in [-0.1, -0.05) is 29.3 Å². The molecular weight excluding hydrogens is 371 g/mol. The third kappa shape index (κ3) is 4.68. The minimum atomic E-state index is -0.786. The zero-order valence-corrected chi connectivity index (χ0v) is 14.4. The average molecular weight is 383 g/mol. The van der Waals surface area contributed by atoms with Gasteiger partial charge in [-0.25, -0.2) is 4.79 Å². The van der Waals surface area contributed by atoms with Crippen molar-refractivity contribution in [1.82, 2.24) is 0 Å². The lowest BCUT2D eigenvalue weighted by molar-refractivity contribution is -0.384. The second kappa shape index (κ2) is 7.96. The number of non-ortho nitro benzene ring substituents is 1. The summed E-state index contributed by atoms with van der Waals surface area (Å²) in [6.45, 7) is 1.19. The highest BCUT2D eigenvalue weighted by Gasteiger charge is 2.15. The van der Waals surface area contributed by atoms with Crippen LogP contribution >= 0.6 is 23.2 Å². The van der Waals surface area contributed by atoms with Crippen molar-refractivity contribution in [3.8, 4) is 0 Å². The molecule has 2 aromatic rings. The second-order valence-electron chi connectivity index (χ2n) is 4.98. The summed E-state index contributed by atoms with van der Waals surface area (Å²) in [5, 5.41) is 13.6. The molecule has 0 spiro atoms. The Bertz CT molecular complexity index is 837. The molecule has 0 saturated heterocycles. The number of nitro benzene ring substituents is 1. The van der Waals surface area contributed by atoms with E-state index in [4.69, 9.17) is 27.9 Å². The van der Waals surface area contributed by atoms with Crippen molar-refractivity contribution in [3.63, 3.8) is 0 Å². The van der Waals surface area contributed by atoms with E-state index in [-0.39, 0.29) is 22.0 Å². The first-order valence-corrected chi connectivity index (χ1v) is 7.71. The maximum Gasteiger partial charge on any atom is 0.338 e. The van der Waals surface area contributed by atoms with Crippen molar-refractivity contribution in [2.75, 3.05) is 11.9 Å². The Morgan fingerprint density at radius 2 is 1.80 bits per heavy atom. The van der Waals surface area contributed by atoms with Gasteiger partial charge in [-0.3, -0.25) is 14.9 Å². The van der Waals surface area contributed by atoms with Gasteiger partial charge in [0.25, 0.3) is 11.6 Å². The van der Waals surface area contributed by atoms with Crippen molar-refractivity contribution < 1.29 is 19.2 Å². The molecule has 1 amide bonds. The molecule has 0 aromatic heterocycles. The van der Waals surface area contributed by atoms with Gasteiger partial charge >= 0.3 is 5.97 Å². The Kier molecular flexibility index (Phi) is 5.95. The highest BCUT2D eigenvalue weighted by Crippen LogP contribution is 2.32. The molecule has 2 rings (SSSR count). The average Bonchev–Trinajstić information content (AvgIpc) is 2.60. The molecule has 1 N–H and O–H groups in total. The molecule has 0 aliphatic rings. The number of esters is 1. The number of hydrogen-bond acceptors (Lipinski definition) is 5. The van der Waals surface area contributed by atoms with Crippen LogP contribution in [0.1, 0.15) is 15.9 Å². The van der Waals surface area contributed by atoms with Gasteiger partial charge in [0.1, 0.15) is 0 Å². The normalized spacial score (nSPS) is 10.2. The summed E-state index contributed by atoms with van der Waals surface area (Å²) in [6, 6.07) is 8.11. The fourth-order valence-corrected chi connectivity index (χ4v) is 2.35. The smallest absolute Gasteiger partial charge is 0.338 e. The molecule has 0 radical (unpaired) electrons. The molecule has 0 saturated carbocycles. The second-order valence-corrected chi connectivity index (χ2v) is 5.77. The zero-order chi connectivity index (χ0) is 18.6. The molecule has 0 unspecified atom stereocenters. The van der Waals surface area contributed by atoms with E-state index >= 15 is 0 Å². The fourth-order valence-electron chi connectivity index (χ4n) is 1.88. The van der Waals surface area contributed by atoms with Crippen molar-refractivity contribution in [3.05, 3.63) is 67.7 Å². The Balaban J connectivity index is 1.97. The highest BCUT2D eigenvalue weighted by atomic mass is 35.5. The number of halogens is 2. The Morgan fingerprint density at radius 3 is 2.40 bits per heavy atom. The lowest BCUT2D eigenvalue weighted by Crippen LogP contribution is -2.21. The van der Waals surface area contributed by atoms with Gasteiger partial charge in [0.15, 0.2) is 6.61 Å². The zero-order valence-electron chi connectivity index (χ0n) is 12.9. The van der Waals surface area contributed by atoms with Crippen LogP contribution in [0.3, 0.4) is 0 Å². The van der Waals surface area contributed by atoms with E-state index in [0.29, 0.717) is 5.02 Å². The maximum absolute atomic E-state index is 11.9. The van der Waals surface area contributed by atoms with Crippen molar-refractivity contribution in [2.45, 2.75) is 6.92 Å². The molecular formula is C16H12Cl2N2O5. The molecule has 130 valence electrons. The molecule has 0 atom stereocenters. The predicted molar refractivity (Wildman–Crippen MR) is 93.2 cm³/mol. The number of aryl methyl sites for hydroxylation is 1. The van der Waals surface area contributed by atoms with Gasteiger partial charge in [-0.05, 0) is 30.7 Å². The van der Waals surface area contributed by atoms with Crippen LogP contribution in [0.2, 0.25) is 10.0 Å². The minimum absolute atomic E-state index is 0.0880. The summed E-state index contributed by atoms with van der Waals surface area (Å²) in [4.78, 5) is 33.7. The monoisotopic (exact) mass is 382 g/mol. The van der Waals surface area contributed by atoms with Gasteiger partial charge in [0.05, 0.1) is 26.2 Å². The first-order valence-electron chi connectivity index (χ1n) is 6.95. The predicted octanol–water partition coefficient (Wildman–Crippen LogP) is 4.01. The van der Waals surface area contributed by atoms with Gasteiger partial charge in [0, 0.05) is 12.1 Å². The van der Waals surface area contributed by atoms with Crippen molar-refractivity contribution in [2.24, 2.45) is 0 Å². The van der Waals surface area contributed by atoms with Crippen LogP contribution in [0.15, 0.2) is 36.4 Å². The van der Waals surface area contributed by atoms with Crippen LogP contribution in [-0.2, 0) is 9.53 Å². The van der Waals surface area contributed by atoms with Crippen LogP contribution in [0, 0.1) is 17.0 Å². The summed E-state index contributed by atoms with van der Waals surface area (Å²) < 4.78 is 4.87. The fraction of sp³-hybridized carbons (Fsp3) is 0.125. The number of nitrogens with zero attached hydrogens (tertiary/aromatic N) is 1. The third-order valence-electron chi connectivity index (χ3n) is 3.20. The van der Waals surface area contributed by atoms with Gasteiger partial charge in [-0.15, -0.1) is 0 Å². The van der Waals surface area contributed by atoms with E-state index < -0.39 is 23.4 Å². The summed E-state index contributed by atoms with van der Waals surface area (Å²) in [5.74, 6) is -1.41. The first-order chi connectivity index (χ1) is 11.8. The minimum Gasteiger partial charge on any atom is -0.452 e. The molecule has 0 aliphatic carbocycles. The lowest BCUT2D eigenvalue weighted by atomic mass is 10.2. The molecule has 25 heavy (non-hydrogen) atoms. The lowest BCUT2D eigenvalue weighted by Gasteiger charge is -2.11. The molecule has 0 heterocycles. The Hall–Kier alpha value is -2.64. The largest absolute Gasteiger partial charge is 0.452 e. The molecule has 2 aromatic carbocycles. The molecule has 0 bridgehead atoms. The number of rotatable bonds is 5. The molecule has 9 heteroatoms. The van der Waals surface area contributed by atoms with E-state index in [1.165, 1.54) is 24.3 Å². The summed E-state index contributed by atoms with van der Waals surface area (Å²) in [7, 11) is 0. The van der Waals surface area contributed by atoms with Crippen molar-refractivity contribution in [1.29, 1.82) is 0 Å². The number of benzene rings is 2. The number of ether oxygens (including phenoxy) is 1. The van der Waals surface area contributed by atoms with Crippen LogP contribution in [0.25, 0.3) is 0 Å². The number of hydrogen-bond donors (Lipinski definition) is 1. The Labute approximate surface area is 152 Å². The first kappa shape index (κ1) is 18.7. The number of anilines is 1. The third-order valence-corrected chi connectivity index (χ3v) is 4.00. The Morgan fingerprint density at radius 1 is 1.16 bits per heavy atom. The van der Waals surface area contributed by atoms with Crippen LogP contribution in [0.5, 0.6) is 0 Å². The van der Waals surface area contributed by atoms with E-state index in [0.717, 1.165) is 5.56 Å². The molecule has 7 nitrogen and oxygen atoms in total. The SMILES string of the molecule is Cc1ccc(Cl)c(NC(=O)COC(=O)c2ccc([N+](=O)[O-])cc2)c1Cl. The number of nitro groups is 1. The van der Waals surface area contributed by atoms with Crippen LogP contribution in [-0.4, -0.2) is 23.4 Å². The summed E-state index contributed by atoms with van der Waals surface area (Å²) in [5.41, 5.74) is 0.895. The number of nitrogens with one attached hydrogen (secondary N) is 1. The van der Waals surface area contributed by atoms with Gasteiger partial charge in [0.2, 0.25) is 0 Å². The summed E-state index contributed by atoms with van der Waals surface area (Å²) in [6.07, 6.45) is 0. The standard InChI is InChI=1S/C16H12Cl2N2O5/c1-9-2-7-12(17)15(14(9)18)19-13(21)8-25-16(22)10-3-5-11(6-4-10)20(23)24/h2-7H,8H2,1H3,(H,19,21). The van der Waals surface area contributed by atoms with E-state index in [1.807, 2.05) is 0 Å². The van der Waals surface area contributed by atoms with Crippen LogP contribution < -0.4 is 5.32 Å². The number of carbonyl (C=O) groups excluding carboxylic acids is 2. The van der Waals surface area contributed by atoms with E-state index in [9.17, 15) is 19.7 Å².